The summed E-state index contributed by atoms with van der Waals surface area (Å²) in [5.74, 6) is 0.235. The van der Waals surface area contributed by atoms with E-state index in [1.165, 1.54) is 0 Å². The maximum atomic E-state index is 13.8. The largest absolute Gasteiger partial charge is 0.356 e. The van der Waals surface area contributed by atoms with Gasteiger partial charge in [0.1, 0.15) is 0 Å². The molecule has 2 aromatic carbocycles. The summed E-state index contributed by atoms with van der Waals surface area (Å²) in [5.41, 5.74) is 2.95. The van der Waals surface area contributed by atoms with Crippen LogP contribution in [0.5, 0.6) is 0 Å². The van der Waals surface area contributed by atoms with Gasteiger partial charge in [0.15, 0.2) is 5.54 Å². The van der Waals surface area contributed by atoms with Crippen molar-refractivity contribution in [1.29, 1.82) is 0 Å². The van der Waals surface area contributed by atoms with E-state index in [2.05, 4.69) is 24.9 Å². The Balaban J connectivity index is 1.73. The van der Waals surface area contributed by atoms with Crippen LogP contribution in [0, 0.1) is 5.92 Å². The number of carbonyl (C=O) groups excluding carboxylic acids is 2. The minimum absolute atomic E-state index is 0.00832. The van der Waals surface area contributed by atoms with Crippen LogP contribution in [0.4, 0.5) is 0 Å². The number of fused-ring (bicyclic) bond motifs is 5. The average Bonchev–Trinajstić information content (AvgIpc) is 3.13. The summed E-state index contributed by atoms with van der Waals surface area (Å²) >= 11 is 6.14. The van der Waals surface area contributed by atoms with Gasteiger partial charge < -0.3 is 14.8 Å². The topological polar surface area (TPSA) is 56.4 Å². The summed E-state index contributed by atoms with van der Waals surface area (Å²) in [5, 5.41) is 1.77. The smallest absolute Gasteiger partial charge is 0.254 e. The van der Waals surface area contributed by atoms with E-state index in [1.807, 2.05) is 49.4 Å². The Morgan fingerprint density at radius 2 is 1.84 bits per heavy atom. The number of aromatic amines is 1. The lowest BCUT2D eigenvalue weighted by molar-refractivity contribution is -0.166. The number of amides is 2. The lowest BCUT2D eigenvalue weighted by atomic mass is 9.76. The molecule has 2 atom stereocenters. The molecule has 3 aromatic rings. The highest BCUT2D eigenvalue weighted by Gasteiger charge is 2.56. The van der Waals surface area contributed by atoms with Gasteiger partial charge in [-0.2, -0.15) is 0 Å². The zero-order valence-corrected chi connectivity index (χ0v) is 18.7. The molecule has 6 heteroatoms. The third-order valence-corrected chi connectivity index (χ3v) is 6.93. The highest BCUT2D eigenvalue weighted by atomic mass is 35.5. The monoisotopic (exact) mass is 435 g/mol. The molecule has 1 saturated heterocycles. The van der Waals surface area contributed by atoms with Crippen LogP contribution in [0.15, 0.2) is 48.5 Å². The van der Waals surface area contributed by atoms with Crippen molar-refractivity contribution >= 4 is 34.3 Å². The van der Waals surface area contributed by atoms with Gasteiger partial charge in [0, 0.05) is 34.9 Å². The molecule has 0 aliphatic carbocycles. The standard InChI is InChI=1S/C25H26ClN3O2/c1-15(2)12-28-14-21(30)29-13-19(16-8-10-17(26)11-9-16)22-18-6-4-5-7-20(18)27-23(22)25(29,3)24(28)31/h4-11,15,19,27H,12-14H2,1-3H3/t19-,25+/m1/s1. The van der Waals surface area contributed by atoms with Gasteiger partial charge >= 0.3 is 0 Å². The number of carbonyl (C=O) groups is 2. The Labute approximate surface area is 187 Å². The Kier molecular flexibility index (Phi) is 4.63. The van der Waals surface area contributed by atoms with E-state index in [0.717, 1.165) is 27.7 Å². The van der Waals surface area contributed by atoms with Crippen LogP contribution >= 0.6 is 11.6 Å². The molecule has 31 heavy (non-hydrogen) atoms. The number of H-pyrrole nitrogens is 1. The first kappa shape index (κ1) is 20.1. The van der Waals surface area contributed by atoms with Gasteiger partial charge in [-0.3, -0.25) is 9.59 Å². The normalized spacial score (nSPS) is 23.5. The summed E-state index contributed by atoms with van der Waals surface area (Å²) in [4.78, 5) is 34.1. The zero-order chi connectivity index (χ0) is 21.9. The predicted octanol–water partition coefficient (Wildman–Crippen LogP) is 4.51. The molecule has 5 rings (SSSR count). The van der Waals surface area contributed by atoms with Crippen molar-refractivity contribution in [3.8, 4) is 0 Å². The van der Waals surface area contributed by atoms with Crippen molar-refractivity contribution < 1.29 is 9.59 Å². The van der Waals surface area contributed by atoms with Gasteiger partial charge in [0.05, 0.1) is 12.2 Å². The van der Waals surface area contributed by atoms with Crippen molar-refractivity contribution in [1.82, 2.24) is 14.8 Å². The fourth-order valence-corrected chi connectivity index (χ4v) is 5.38. The van der Waals surface area contributed by atoms with Crippen LogP contribution in [0.3, 0.4) is 0 Å². The number of hydrogen-bond acceptors (Lipinski definition) is 2. The van der Waals surface area contributed by atoms with Crippen molar-refractivity contribution in [3.05, 3.63) is 70.4 Å². The zero-order valence-electron chi connectivity index (χ0n) is 18.0. The van der Waals surface area contributed by atoms with Gasteiger partial charge in [-0.05, 0) is 42.2 Å². The predicted molar refractivity (Wildman–Crippen MR) is 122 cm³/mol. The number of piperazine rings is 1. The lowest BCUT2D eigenvalue weighted by Gasteiger charge is -2.51. The molecule has 0 unspecified atom stereocenters. The Morgan fingerprint density at radius 3 is 2.55 bits per heavy atom. The maximum Gasteiger partial charge on any atom is 0.254 e. The number of benzene rings is 2. The van der Waals surface area contributed by atoms with Crippen LogP contribution in [0.2, 0.25) is 5.02 Å². The second kappa shape index (κ2) is 7.13. The summed E-state index contributed by atoms with van der Waals surface area (Å²) in [6.07, 6.45) is 0. The van der Waals surface area contributed by atoms with E-state index in [-0.39, 0.29) is 24.3 Å². The molecule has 5 nitrogen and oxygen atoms in total. The minimum atomic E-state index is -1.04. The van der Waals surface area contributed by atoms with E-state index < -0.39 is 5.54 Å². The van der Waals surface area contributed by atoms with E-state index in [0.29, 0.717) is 24.0 Å². The average molecular weight is 436 g/mol. The van der Waals surface area contributed by atoms with Crippen molar-refractivity contribution in [2.45, 2.75) is 32.2 Å². The van der Waals surface area contributed by atoms with Crippen LogP contribution < -0.4 is 0 Å². The minimum Gasteiger partial charge on any atom is -0.356 e. The van der Waals surface area contributed by atoms with Crippen molar-refractivity contribution in [2.24, 2.45) is 5.92 Å². The SMILES string of the molecule is CC(C)CN1CC(=O)N2C[C@H](c3ccc(Cl)cc3)c3c([nH]c4ccccc34)[C@@]2(C)C1=O. The van der Waals surface area contributed by atoms with E-state index in [1.54, 1.807) is 9.80 Å². The quantitative estimate of drug-likeness (QED) is 0.658. The fraction of sp³-hybridized carbons (Fsp3) is 0.360. The molecule has 1 aromatic heterocycles. The molecule has 2 aliphatic heterocycles. The van der Waals surface area contributed by atoms with Gasteiger partial charge in [-0.25, -0.2) is 0 Å². The molecule has 0 bridgehead atoms. The molecule has 2 aliphatic rings. The first-order chi connectivity index (χ1) is 14.8. The van der Waals surface area contributed by atoms with Crippen LogP contribution in [-0.4, -0.2) is 46.2 Å². The third-order valence-electron chi connectivity index (χ3n) is 6.68. The summed E-state index contributed by atoms with van der Waals surface area (Å²) in [6, 6.07) is 15.9. The van der Waals surface area contributed by atoms with Gasteiger partial charge in [-0.1, -0.05) is 55.8 Å². The third kappa shape index (κ3) is 2.98. The highest BCUT2D eigenvalue weighted by molar-refractivity contribution is 6.30. The van der Waals surface area contributed by atoms with Gasteiger partial charge in [-0.15, -0.1) is 0 Å². The summed E-state index contributed by atoms with van der Waals surface area (Å²) in [7, 11) is 0. The molecule has 1 N–H and O–H groups in total. The second-order valence-electron chi connectivity index (χ2n) is 9.22. The van der Waals surface area contributed by atoms with E-state index >= 15 is 0 Å². The molecular formula is C25H26ClN3O2. The molecule has 3 heterocycles. The number of nitrogens with one attached hydrogen (secondary N) is 1. The lowest BCUT2D eigenvalue weighted by Crippen LogP contribution is -2.67. The summed E-state index contributed by atoms with van der Waals surface area (Å²) < 4.78 is 0. The van der Waals surface area contributed by atoms with E-state index in [9.17, 15) is 9.59 Å². The summed E-state index contributed by atoms with van der Waals surface area (Å²) in [6.45, 7) is 7.20. The van der Waals surface area contributed by atoms with Crippen molar-refractivity contribution in [3.63, 3.8) is 0 Å². The molecule has 0 spiro atoms. The number of aromatic nitrogens is 1. The molecule has 1 fully saturated rings. The Bertz CT molecular complexity index is 1180. The number of rotatable bonds is 3. The second-order valence-corrected chi connectivity index (χ2v) is 9.66. The number of halogens is 1. The van der Waals surface area contributed by atoms with Crippen molar-refractivity contribution in [2.75, 3.05) is 19.6 Å². The highest BCUT2D eigenvalue weighted by Crippen LogP contribution is 2.48. The maximum absolute atomic E-state index is 13.8. The molecular weight excluding hydrogens is 410 g/mol. The number of hydrogen-bond donors (Lipinski definition) is 1. The Hall–Kier alpha value is -2.79. The molecule has 0 saturated carbocycles. The van der Waals surface area contributed by atoms with Crippen LogP contribution in [-0.2, 0) is 15.1 Å². The number of nitrogens with zero attached hydrogens (tertiary/aromatic N) is 2. The van der Waals surface area contributed by atoms with Gasteiger partial charge in [0.2, 0.25) is 5.91 Å². The Morgan fingerprint density at radius 1 is 1.13 bits per heavy atom. The molecule has 160 valence electrons. The van der Waals surface area contributed by atoms with Crippen LogP contribution in [0.25, 0.3) is 10.9 Å². The molecule has 2 amide bonds. The molecule has 0 radical (unpaired) electrons. The van der Waals surface area contributed by atoms with E-state index in [4.69, 9.17) is 11.6 Å². The van der Waals surface area contributed by atoms with Crippen LogP contribution in [0.1, 0.15) is 43.5 Å². The number of para-hydroxylation sites is 1. The fourth-order valence-electron chi connectivity index (χ4n) is 5.26. The van der Waals surface area contributed by atoms with Gasteiger partial charge in [0.25, 0.3) is 5.91 Å². The first-order valence-electron chi connectivity index (χ1n) is 10.8. The first-order valence-corrected chi connectivity index (χ1v) is 11.1.